The molecule has 1 N–H and O–H groups in total. The predicted molar refractivity (Wildman–Crippen MR) is 66.1 cm³/mol. The smallest absolute Gasteiger partial charge is 0.163 e. The van der Waals surface area contributed by atoms with Gasteiger partial charge in [-0.25, -0.2) is 8.78 Å². The fourth-order valence-electron chi connectivity index (χ4n) is 1.90. The Morgan fingerprint density at radius 1 is 1.22 bits per heavy atom. The first-order valence-corrected chi connectivity index (χ1v) is 5.81. The van der Waals surface area contributed by atoms with Gasteiger partial charge in [0.25, 0.3) is 0 Å². The van der Waals surface area contributed by atoms with E-state index in [2.05, 4.69) is 10.3 Å². The van der Waals surface area contributed by atoms with E-state index < -0.39 is 11.6 Å². The highest BCUT2D eigenvalue weighted by molar-refractivity contribution is 5.31. The average molecular weight is 248 g/mol. The van der Waals surface area contributed by atoms with E-state index in [1.54, 1.807) is 24.5 Å². The quantitative estimate of drug-likeness (QED) is 0.899. The van der Waals surface area contributed by atoms with E-state index in [-0.39, 0.29) is 6.04 Å². The Morgan fingerprint density at radius 2 is 2.06 bits per heavy atom. The maximum absolute atomic E-state index is 13.8. The topological polar surface area (TPSA) is 24.9 Å². The Labute approximate surface area is 105 Å². The predicted octanol–water partition coefficient (Wildman–Crippen LogP) is 3.06. The first-order chi connectivity index (χ1) is 8.74. The Morgan fingerprint density at radius 3 is 2.72 bits per heavy atom. The van der Waals surface area contributed by atoms with Crippen LogP contribution in [0.5, 0.6) is 0 Å². The molecular weight excluding hydrogens is 234 g/mol. The second-order valence-electron chi connectivity index (χ2n) is 3.92. The molecule has 0 saturated heterocycles. The molecule has 1 heterocycles. The van der Waals surface area contributed by atoms with Gasteiger partial charge in [-0.3, -0.25) is 4.98 Å². The molecule has 1 aromatic carbocycles. The van der Waals surface area contributed by atoms with Crippen LogP contribution in [0.2, 0.25) is 0 Å². The molecule has 0 amide bonds. The monoisotopic (exact) mass is 248 g/mol. The van der Waals surface area contributed by atoms with Crippen molar-refractivity contribution in [2.75, 3.05) is 6.54 Å². The molecule has 0 fully saturated rings. The van der Waals surface area contributed by atoms with Crippen LogP contribution in [0, 0.1) is 11.6 Å². The van der Waals surface area contributed by atoms with Crippen molar-refractivity contribution in [2.45, 2.75) is 13.0 Å². The molecule has 18 heavy (non-hydrogen) atoms. The van der Waals surface area contributed by atoms with Crippen LogP contribution in [-0.2, 0) is 0 Å². The minimum Gasteiger partial charge on any atom is -0.306 e. The lowest BCUT2D eigenvalue weighted by Gasteiger charge is -2.19. The van der Waals surface area contributed by atoms with Gasteiger partial charge in [-0.1, -0.05) is 25.1 Å². The fourth-order valence-corrected chi connectivity index (χ4v) is 1.90. The van der Waals surface area contributed by atoms with Gasteiger partial charge in [0.2, 0.25) is 0 Å². The molecule has 0 aliphatic carbocycles. The van der Waals surface area contributed by atoms with Crippen LogP contribution in [0.4, 0.5) is 8.78 Å². The molecule has 0 saturated carbocycles. The molecule has 0 spiro atoms. The van der Waals surface area contributed by atoms with Crippen molar-refractivity contribution in [3.63, 3.8) is 0 Å². The largest absolute Gasteiger partial charge is 0.306 e. The van der Waals surface area contributed by atoms with Gasteiger partial charge in [-0.2, -0.15) is 0 Å². The van der Waals surface area contributed by atoms with Gasteiger partial charge in [0.05, 0.1) is 6.04 Å². The zero-order valence-corrected chi connectivity index (χ0v) is 10.0. The maximum Gasteiger partial charge on any atom is 0.163 e. The minimum atomic E-state index is -0.834. The van der Waals surface area contributed by atoms with Crippen LogP contribution in [-0.4, -0.2) is 11.5 Å². The summed E-state index contributed by atoms with van der Waals surface area (Å²) in [5.74, 6) is -1.65. The summed E-state index contributed by atoms with van der Waals surface area (Å²) in [5.41, 5.74) is 1.11. The Hall–Kier alpha value is -1.81. The molecule has 1 unspecified atom stereocenters. The molecular formula is C14H14F2N2. The van der Waals surface area contributed by atoms with E-state index in [9.17, 15) is 8.78 Å². The third-order valence-electron chi connectivity index (χ3n) is 2.72. The maximum atomic E-state index is 13.8. The van der Waals surface area contributed by atoms with E-state index in [0.29, 0.717) is 12.1 Å². The number of benzene rings is 1. The summed E-state index contributed by atoms with van der Waals surface area (Å²) in [6.07, 6.45) is 3.30. The number of pyridine rings is 1. The molecule has 1 atom stereocenters. The number of nitrogens with zero attached hydrogens (tertiary/aromatic N) is 1. The van der Waals surface area contributed by atoms with E-state index in [1.807, 2.05) is 13.0 Å². The lowest BCUT2D eigenvalue weighted by molar-refractivity contribution is 0.483. The Bertz CT molecular complexity index is 514. The zero-order chi connectivity index (χ0) is 13.0. The number of halogens is 2. The molecule has 0 aliphatic rings. The van der Waals surface area contributed by atoms with Crippen molar-refractivity contribution >= 4 is 0 Å². The summed E-state index contributed by atoms with van der Waals surface area (Å²) in [4.78, 5) is 4.01. The van der Waals surface area contributed by atoms with Crippen molar-refractivity contribution in [2.24, 2.45) is 0 Å². The van der Waals surface area contributed by atoms with E-state index in [0.717, 1.165) is 11.6 Å². The summed E-state index contributed by atoms with van der Waals surface area (Å²) >= 11 is 0. The summed E-state index contributed by atoms with van der Waals surface area (Å²) < 4.78 is 27.1. The van der Waals surface area contributed by atoms with E-state index >= 15 is 0 Å². The van der Waals surface area contributed by atoms with Gasteiger partial charge in [0.1, 0.15) is 0 Å². The summed E-state index contributed by atoms with van der Waals surface area (Å²) in [5, 5.41) is 3.14. The molecule has 0 bridgehead atoms. The number of hydrogen-bond donors (Lipinski definition) is 1. The van der Waals surface area contributed by atoms with Crippen molar-refractivity contribution < 1.29 is 8.78 Å². The first-order valence-electron chi connectivity index (χ1n) is 5.81. The molecule has 0 radical (unpaired) electrons. The van der Waals surface area contributed by atoms with Crippen LogP contribution in [0.3, 0.4) is 0 Å². The highest BCUT2D eigenvalue weighted by Gasteiger charge is 2.19. The molecule has 2 rings (SSSR count). The molecule has 0 aliphatic heterocycles. The summed E-state index contributed by atoms with van der Waals surface area (Å²) in [6, 6.07) is 7.43. The molecule has 2 aromatic rings. The molecule has 4 heteroatoms. The van der Waals surface area contributed by atoms with Gasteiger partial charge >= 0.3 is 0 Å². The van der Waals surface area contributed by atoms with Gasteiger partial charge in [-0.05, 0) is 24.2 Å². The SMILES string of the molecule is CCNC(c1cccnc1)c1cccc(F)c1F. The minimum absolute atomic E-state index is 0.296. The highest BCUT2D eigenvalue weighted by atomic mass is 19.2. The highest BCUT2D eigenvalue weighted by Crippen LogP contribution is 2.25. The lowest BCUT2D eigenvalue weighted by atomic mass is 9.99. The fraction of sp³-hybridized carbons (Fsp3) is 0.214. The lowest BCUT2D eigenvalue weighted by Crippen LogP contribution is -2.23. The third kappa shape index (κ3) is 2.54. The van der Waals surface area contributed by atoms with Crippen molar-refractivity contribution in [3.05, 3.63) is 65.5 Å². The Kier molecular flexibility index (Phi) is 3.99. The van der Waals surface area contributed by atoms with Crippen LogP contribution in [0.25, 0.3) is 0 Å². The van der Waals surface area contributed by atoms with Crippen LogP contribution >= 0.6 is 0 Å². The number of hydrogen-bond acceptors (Lipinski definition) is 2. The molecule has 94 valence electrons. The second-order valence-corrected chi connectivity index (χ2v) is 3.92. The third-order valence-corrected chi connectivity index (χ3v) is 2.72. The van der Waals surface area contributed by atoms with Crippen LogP contribution < -0.4 is 5.32 Å². The zero-order valence-electron chi connectivity index (χ0n) is 10.0. The molecule has 2 nitrogen and oxygen atoms in total. The van der Waals surface area contributed by atoms with Crippen molar-refractivity contribution in [1.29, 1.82) is 0 Å². The summed E-state index contributed by atoms with van der Waals surface area (Å²) in [7, 11) is 0. The van der Waals surface area contributed by atoms with Crippen LogP contribution in [0.15, 0.2) is 42.7 Å². The summed E-state index contributed by atoms with van der Waals surface area (Å²) in [6.45, 7) is 2.57. The number of nitrogens with one attached hydrogen (secondary N) is 1. The van der Waals surface area contributed by atoms with Gasteiger partial charge < -0.3 is 5.32 Å². The van der Waals surface area contributed by atoms with Crippen molar-refractivity contribution in [3.8, 4) is 0 Å². The van der Waals surface area contributed by atoms with Gasteiger partial charge in [-0.15, -0.1) is 0 Å². The standard InChI is InChI=1S/C14H14F2N2/c1-2-18-14(10-5-4-8-17-9-10)11-6-3-7-12(15)13(11)16/h3-9,14,18H,2H2,1H3. The Balaban J connectivity index is 2.45. The second kappa shape index (κ2) is 5.69. The number of rotatable bonds is 4. The van der Waals surface area contributed by atoms with Crippen molar-refractivity contribution in [1.82, 2.24) is 10.3 Å². The normalized spacial score (nSPS) is 12.4. The van der Waals surface area contributed by atoms with E-state index in [1.165, 1.54) is 6.07 Å². The number of aromatic nitrogens is 1. The molecule has 1 aromatic heterocycles. The van der Waals surface area contributed by atoms with Crippen LogP contribution in [0.1, 0.15) is 24.1 Å². The average Bonchev–Trinajstić information content (AvgIpc) is 2.41. The van der Waals surface area contributed by atoms with E-state index in [4.69, 9.17) is 0 Å². The van der Waals surface area contributed by atoms with Gasteiger partial charge in [0.15, 0.2) is 11.6 Å². The van der Waals surface area contributed by atoms with Gasteiger partial charge in [0, 0.05) is 18.0 Å². The first kappa shape index (κ1) is 12.6.